The molecule has 4 heteroatoms. The second-order valence-electron chi connectivity index (χ2n) is 4.51. The zero-order valence-electron chi connectivity index (χ0n) is 9.48. The van der Waals surface area contributed by atoms with Crippen LogP contribution in [-0.2, 0) is 4.79 Å². The van der Waals surface area contributed by atoms with E-state index in [1.807, 2.05) is 6.92 Å². The maximum atomic E-state index is 11.6. The molecule has 0 bridgehead atoms. The average Bonchev–Trinajstić information content (AvgIpc) is 2.11. The molecule has 82 valence electrons. The minimum absolute atomic E-state index is 0.0603. The lowest BCUT2D eigenvalue weighted by Crippen LogP contribution is -2.39. The number of carbonyl (C=O) groups is 1. The molecule has 0 aliphatic carbocycles. The summed E-state index contributed by atoms with van der Waals surface area (Å²) in [5.74, 6) is -0.0603. The Balaban J connectivity index is 2.47. The highest BCUT2D eigenvalue weighted by molar-refractivity contribution is 5.94. The third-order valence-electron chi connectivity index (χ3n) is 2.54. The highest BCUT2D eigenvalue weighted by atomic mass is 16.1. The zero-order valence-corrected chi connectivity index (χ0v) is 9.48. The lowest BCUT2D eigenvalue weighted by molar-refractivity contribution is -0.117. The van der Waals surface area contributed by atoms with Crippen LogP contribution in [0.15, 0.2) is 11.1 Å². The third-order valence-corrected chi connectivity index (χ3v) is 2.54. The van der Waals surface area contributed by atoms with E-state index in [0.717, 1.165) is 24.2 Å². The molecule has 0 spiro atoms. The molecule has 1 rings (SSSR count). The molecule has 0 saturated carbocycles. The van der Waals surface area contributed by atoms with E-state index in [0.29, 0.717) is 6.54 Å². The highest BCUT2D eigenvalue weighted by Gasteiger charge is 2.20. The van der Waals surface area contributed by atoms with Crippen molar-refractivity contribution >= 4 is 5.91 Å². The SMILES string of the molecule is CC(C(=O)NCC(C)(C)C#N)=C1CNC1. The summed E-state index contributed by atoms with van der Waals surface area (Å²) < 4.78 is 0. The van der Waals surface area contributed by atoms with Crippen LogP contribution >= 0.6 is 0 Å². The van der Waals surface area contributed by atoms with Crippen molar-refractivity contribution in [1.82, 2.24) is 10.6 Å². The number of rotatable bonds is 3. The summed E-state index contributed by atoms with van der Waals surface area (Å²) in [4.78, 5) is 11.6. The molecule has 2 N–H and O–H groups in total. The largest absolute Gasteiger partial charge is 0.351 e. The van der Waals surface area contributed by atoms with Gasteiger partial charge >= 0.3 is 0 Å². The van der Waals surface area contributed by atoms with Crippen LogP contribution in [0.1, 0.15) is 20.8 Å². The molecule has 1 fully saturated rings. The monoisotopic (exact) mass is 207 g/mol. The minimum Gasteiger partial charge on any atom is -0.351 e. The normalized spacial score (nSPS) is 15.2. The lowest BCUT2D eigenvalue weighted by atomic mass is 9.95. The van der Waals surface area contributed by atoms with Gasteiger partial charge in [0, 0.05) is 25.2 Å². The number of hydrogen-bond acceptors (Lipinski definition) is 3. The number of amides is 1. The number of nitrogens with zero attached hydrogens (tertiary/aromatic N) is 1. The topological polar surface area (TPSA) is 64.9 Å². The van der Waals surface area contributed by atoms with E-state index >= 15 is 0 Å². The predicted molar refractivity (Wildman–Crippen MR) is 58.0 cm³/mol. The summed E-state index contributed by atoms with van der Waals surface area (Å²) in [6.07, 6.45) is 0. The Morgan fingerprint density at radius 2 is 2.20 bits per heavy atom. The van der Waals surface area contributed by atoms with Gasteiger partial charge in [-0.25, -0.2) is 0 Å². The molecule has 1 aliphatic heterocycles. The molecular weight excluding hydrogens is 190 g/mol. The summed E-state index contributed by atoms with van der Waals surface area (Å²) >= 11 is 0. The number of nitrogens with one attached hydrogen (secondary N) is 2. The van der Waals surface area contributed by atoms with E-state index in [4.69, 9.17) is 5.26 Å². The molecule has 1 heterocycles. The van der Waals surface area contributed by atoms with Crippen molar-refractivity contribution in [3.05, 3.63) is 11.1 Å². The summed E-state index contributed by atoms with van der Waals surface area (Å²) in [6.45, 7) is 7.44. The Morgan fingerprint density at radius 3 is 2.60 bits per heavy atom. The van der Waals surface area contributed by atoms with Crippen LogP contribution < -0.4 is 10.6 Å². The molecule has 0 radical (unpaired) electrons. The molecule has 0 aromatic rings. The van der Waals surface area contributed by atoms with Crippen molar-refractivity contribution in [2.75, 3.05) is 19.6 Å². The van der Waals surface area contributed by atoms with Crippen LogP contribution in [-0.4, -0.2) is 25.5 Å². The molecule has 0 aromatic heterocycles. The van der Waals surface area contributed by atoms with Crippen molar-refractivity contribution < 1.29 is 4.79 Å². The van der Waals surface area contributed by atoms with Gasteiger partial charge in [-0.05, 0) is 26.3 Å². The molecule has 1 aliphatic rings. The van der Waals surface area contributed by atoms with Crippen LogP contribution in [0.3, 0.4) is 0 Å². The van der Waals surface area contributed by atoms with Gasteiger partial charge in [0.1, 0.15) is 0 Å². The molecule has 4 nitrogen and oxygen atoms in total. The Kier molecular flexibility index (Phi) is 3.48. The van der Waals surface area contributed by atoms with Gasteiger partial charge in [0.05, 0.1) is 11.5 Å². The first-order valence-corrected chi connectivity index (χ1v) is 5.05. The second kappa shape index (κ2) is 4.45. The van der Waals surface area contributed by atoms with E-state index in [9.17, 15) is 4.79 Å². The van der Waals surface area contributed by atoms with Crippen molar-refractivity contribution in [1.29, 1.82) is 5.26 Å². The molecule has 1 saturated heterocycles. The van der Waals surface area contributed by atoms with Crippen molar-refractivity contribution in [3.63, 3.8) is 0 Å². The van der Waals surface area contributed by atoms with Crippen molar-refractivity contribution in [2.45, 2.75) is 20.8 Å². The highest BCUT2D eigenvalue weighted by Crippen LogP contribution is 2.12. The van der Waals surface area contributed by atoms with Crippen LogP contribution in [0.25, 0.3) is 0 Å². The van der Waals surface area contributed by atoms with E-state index < -0.39 is 5.41 Å². The van der Waals surface area contributed by atoms with Crippen LogP contribution in [0, 0.1) is 16.7 Å². The lowest BCUT2D eigenvalue weighted by Gasteiger charge is -2.22. The van der Waals surface area contributed by atoms with E-state index in [1.54, 1.807) is 13.8 Å². The maximum absolute atomic E-state index is 11.6. The average molecular weight is 207 g/mol. The summed E-state index contributed by atoms with van der Waals surface area (Å²) in [5.41, 5.74) is 1.43. The molecule has 0 atom stereocenters. The maximum Gasteiger partial charge on any atom is 0.247 e. The van der Waals surface area contributed by atoms with E-state index in [2.05, 4.69) is 16.7 Å². The molecule has 15 heavy (non-hydrogen) atoms. The molecule has 0 aromatic carbocycles. The predicted octanol–water partition coefficient (Wildman–Crippen LogP) is 0.572. The minimum atomic E-state index is -0.502. The fourth-order valence-corrected chi connectivity index (χ4v) is 1.15. The quantitative estimate of drug-likeness (QED) is 0.665. The van der Waals surface area contributed by atoms with Crippen LogP contribution in [0.2, 0.25) is 0 Å². The van der Waals surface area contributed by atoms with Gasteiger partial charge in [-0.3, -0.25) is 4.79 Å². The van der Waals surface area contributed by atoms with Gasteiger partial charge < -0.3 is 10.6 Å². The van der Waals surface area contributed by atoms with Gasteiger partial charge in [0.2, 0.25) is 5.91 Å². The van der Waals surface area contributed by atoms with Gasteiger partial charge in [-0.2, -0.15) is 5.26 Å². The fourth-order valence-electron chi connectivity index (χ4n) is 1.15. The number of hydrogen-bond donors (Lipinski definition) is 2. The zero-order chi connectivity index (χ0) is 11.5. The van der Waals surface area contributed by atoms with Crippen molar-refractivity contribution in [3.8, 4) is 6.07 Å². The number of carbonyl (C=O) groups excluding carboxylic acids is 1. The number of nitriles is 1. The first-order chi connectivity index (χ1) is 6.96. The second-order valence-corrected chi connectivity index (χ2v) is 4.51. The summed E-state index contributed by atoms with van der Waals surface area (Å²) in [5, 5.41) is 14.7. The van der Waals surface area contributed by atoms with Crippen molar-refractivity contribution in [2.24, 2.45) is 5.41 Å². The van der Waals surface area contributed by atoms with Gasteiger partial charge in [-0.1, -0.05) is 0 Å². The Labute approximate surface area is 90.3 Å². The summed E-state index contributed by atoms with van der Waals surface area (Å²) in [7, 11) is 0. The molecular formula is C11H17N3O. The Hall–Kier alpha value is -1.34. The Bertz CT molecular complexity index is 330. The third kappa shape index (κ3) is 3.07. The van der Waals surface area contributed by atoms with Gasteiger partial charge in [0.15, 0.2) is 0 Å². The van der Waals surface area contributed by atoms with E-state index in [1.165, 1.54) is 0 Å². The smallest absolute Gasteiger partial charge is 0.247 e. The fraction of sp³-hybridized carbons (Fsp3) is 0.636. The van der Waals surface area contributed by atoms with Crippen LogP contribution in [0.4, 0.5) is 0 Å². The van der Waals surface area contributed by atoms with Crippen LogP contribution in [0.5, 0.6) is 0 Å². The van der Waals surface area contributed by atoms with Gasteiger partial charge in [-0.15, -0.1) is 0 Å². The molecule has 0 unspecified atom stereocenters. The molecule has 1 amide bonds. The standard InChI is InChI=1S/C11H17N3O/c1-8(9-4-13-5-9)10(15)14-7-11(2,3)6-12/h13H,4-5,7H2,1-3H3,(H,14,15). The first kappa shape index (κ1) is 11.7. The first-order valence-electron chi connectivity index (χ1n) is 5.05. The summed E-state index contributed by atoms with van der Waals surface area (Å²) in [6, 6.07) is 2.15. The Morgan fingerprint density at radius 1 is 1.60 bits per heavy atom. The van der Waals surface area contributed by atoms with E-state index in [-0.39, 0.29) is 5.91 Å². The van der Waals surface area contributed by atoms with Gasteiger partial charge in [0.25, 0.3) is 0 Å².